The van der Waals surface area contributed by atoms with E-state index in [0.29, 0.717) is 33.3 Å². The van der Waals surface area contributed by atoms with E-state index in [1.165, 1.54) is 0 Å². The normalized spacial score (nSPS) is 10.9. The lowest BCUT2D eigenvalue weighted by atomic mass is 9.92. The molecule has 8 rings (SSSR count). The molecule has 0 unspecified atom stereocenters. The van der Waals surface area contributed by atoms with Crippen molar-refractivity contribution in [2.24, 2.45) is 0 Å². The first-order valence-electron chi connectivity index (χ1n) is 15.3. The molecule has 48 heavy (non-hydrogen) atoms. The van der Waals surface area contributed by atoms with Gasteiger partial charge in [0.15, 0.2) is 0 Å². The number of para-hydroxylation sites is 1. The monoisotopic (exact) mass is 610 g/mol. The second-order valence-electron chi connectivity index (χ2n) is 11.4. The van der Waals surface area contributed by atoms with E-state index < -0.39 is 0 Å². The first-order valence-corrected chi connectivity index (χ1v) is 15.3. The molecule has 6 nitrogen and oxygen atoms in total. The Labute approximate surface area is 276 Å². The minimum Gasteiger partial charge on any atom is -0.247 e. The summed E-state index contributed by atoms with van der Waals surface area (Å²) in [6.45, 7) is 0. The van der Waals surface area contributed by atoms with Crippen LogP contribution in [0.5, 0.6) is 0 Å². The molecule has 0 atom stereocenters. The third-order valence-corrected chi connectivity index (χ3v) is 8.49. The van der Waals surface area contributed by atoms with Crippen LogP contribution in [0.4, 0.5) is 0 Å². The second-order valence-corrected chi connectivity index (χ2v) is 11.4. The van der Waals surface area contributed by atoms with Gasteiger partial charge in [0.25, 0.3) is 0 Å². The van der Waals surface area contributed by atoms with Crippen LogP contribution in [0.25, 0.3) is 77.6 Å². The number of rotatable bonds is 4. The fourth-order valence-corrected chi connectivity index (χ4v) is 6.28. The lowest BCUT2D eigenvalue weighted by Gasteiger charge is -2.18. The molecular formula is C42H22N6. The number of hydrogen-bond acceptors (Lipinski definition) is 6. The molecule has 0 fully saturated rings. The molecule has 0 radical (unpaired) electrons. The van der Waals surface area contributed by atoms with Crippen molar-refractivity contribution < 1.29 is 0 Å². The number of nitrogens with zero attached hydrogens (tertiary/aromatic N) is 6. The van der Waals surface area contributed by atoms with Crippen LogP contribution in [0.1, 0.15) is 16.7 Å². The Morgan fingerprint density at radius 2 is 0.938 bits per heavy atom. The second kappa shape index (κ2) is 11.6. The molecule has 8 aromatic rings. The maximum atomic E-state index is 9.90. The third kappa shape index (κ3) is 4.77. The first-order chi connectivity index (χ1) is 23.6. The van der Waals surface area contributed by atoms with Crippen LogP contribution in [0.15, 0.2) is 133 Å². The predicted molar refractivity (Wildman–Crippen MR) is 188 cm³/mol. The molecule has 0 amide bonds. The molecule has 6 heteroatoms. The summed E-state index contributed by atoms with van der Waals surface area (Å²) in [6, 6.07) is 49.2. The maximum Gasteiger partial charge on any atom is 0.0992 e. The van der Waals surface area contributed by atoms with Gasteiger partial charge in [-0.05, 0) is 48.0 Å². The van der Waals surface area contributed by atoms with Gasteiger partial charge in [-0.15, -0.1) is 0 Å². The summed E-state index contributed by atoms with van der Waals surface area (Å²) in [5.74, 6) is 0. The largest absolute Gasteiger partial charge is 0.247 e. The molecule has 220 valence electrons. The van der Waals surface area contributed by atoms with Gasteiger partial charge < -0.3 is 0 Å². The van der Waals surface area contributed by atoms with E-state index in [-0.39, 0.29) is 0 Å². The van der Waals surface area contributed by atoms with Gasteiger partial charge >= 0.3 is 0 Å². The van der Waals surface area contributed by atoms with E-state index in [9.17, 15) is 15.8 Å². The molecule has 0 aliphatic carbocycles. The minimum atomic E-state index is 0.374. The molecular weight excluding hydrogens is 589 g/mol. The summed E-state index contributed by atoms with van der Waals surface area (Å²) in [6.07, 6.45) is 0. The average molecular weight is 611 g/mol. The van der Waals surface area contributed by atoms with Gasteiger partial charge in [-0.1, -0.05) is 91.0 Å². The zero-order valence-corrected chi connectivity index (χ0v) is 25.4. The van der Waals surface area contributed by atoms with Gasteiger partial charge in [-0.2, -0.15) is 15.8 Å². The quantitative estimate of drug-likeness (QED) is 0.184. The summed E-state index contributed by atoms with van der Waals surface area (Å²) in [5, 5.41) is 31.9. The van der Waals surface area contributed by atoms with E-state index in [1.807, 2.05) is 103 Å². The molecule has 2 heterocycles. The topological polar surface area (TPSA) is 110 Å². The van der Waals surface area contributed by atoms with E-state index >= 15 is 0 Å². The molecule has 0 aliphatic heterocycles. The Morgan fingerprint density at radius 3 is 1.54 bits per heavy atom. The van der Waals surface area contributed by atoms with Crippen molar-refractivity contribution in [3.8, 4) is 63.1 Å². The summed E-state index contributed by atoms with van der Waals surface area (Å²) in [7, 11) is 0. The fraction of sp³-hybridized carbons (Fsp3) is 0. The molecule has 0 bridgehead atoms. The summed E-state index contributed by atoms with van der Waals surface area (Å²) < 4.78 is 0. The Hall–Kier alpha value is -7.20. The van der Waals surface area contributed by atoms with Crippen molar-refractivity contribution in [1.29, 1.82) is 15.8 Å². The number of aromatic nitrogens is 3. The highest BCUT2D eigenvalue weighted by molar-refractivity contribution is 6.24. The zero-order chi connectivity index (χ0) is 32.6. The first kappa shape index (κ1) is 28.3. The van der Waals surface area contributed by atoms with Crippen LogP contribution < -0.4 is 0 Å². The van der Waals surface area contributed by atoms with Gasteiger partial charge in [-0.25, -0.2) is 15.0 Å². The van der Waals surface area contributed by atoms with E-state index in [0.717, 1.165) is 61.0 Å². The van der Waals surface area contributed by atoms with Crippen molar-refractivity contribution in [1.82, 2.24) is 15.0 Å². The van der Waals surface area contributed by atoms with E-state index in [2.05, 4.69) is 18.2 Å². The fourth-order valence-electron chi connectivity index (χ4n) is 6.28. The Bertz CT molecular complexity index is 2650. The standard InChI is InChI=1S/C42H22N6/c43-23-26-15-17-31(18-16-26)38-35-22-34(32-20-27(24-44)19-28(21-32)25-45)41-42(37(35)33-13-7-8-14-36(33)46-38)48-40(30-11-5-2-6-12-30)39(47-41)29-9-3-1-4-10-29/h1-22H. The smallest absolute Gasteiger partial charge is 0.0992 e. The van der Waals surface area contributed by atoms with Gasteiger partial charge in [0.2, 0.25) is 0 Å². The lowest BCUT2D eigenvalue weighted by molar-refractivity contribution is 1.30. The SMILES string of the molecule is N#Cc1ccc(-c2nc3ccccc3c3c2cc(-c2cc(C#N)cc(C#N)c2)c2nc(-c4ccccc4)c(-c4ccccc4)nc23)cc1. The van der Waals surface area contributed by atoms with Gasteiger partial charge in [0, 0.05) is 38.4 Å². The molecule has 0 aliphatic rings. The van der Waals surface area contributed by atoms with Crippen molar-refractivity contribution in [2.75, 3.05) is 0 Å². The van der Waals surface area contributed by atoms with Crippen LogP contribution in [-0.2, 0) is 0 Å². The minimum absolute atomic E-state index is 0.374. The number of pyridine rings is 1. The summed E-state index contributed by atoms with van der Waals surface area (Å²) in [4.78, 5) is 16.0. The van der Waals surface area contributed by atoms with Crippen LogP contribution in [0.3, 0.4) is 0 Å². The van der Waals surface area contributed by atoms with Crippen LogP contribution >= 0.6 is 0 Å². The van der Waals surface area contributed by atoms with Gasteiger partial charge in [-0.3, -0.25) is 0 Å². The Morgan fingerprint density at radius 1 is 0.396 bits per heavy atom. The highest BCUT2D eigenvalue weighted by atomic mass is 14.8. The van der Waals surface area contributed by atoms with Crippen LogP contribution in [0, 0.1) is 34.0 Å². The number of hydrogen-bond donors (Lipinski definition) is 0. The van der Waals surface area contributed by atoms with Gasteiger partial charge in [0.05, 0.1) is 68.5 Å². The molecule has 0 N–H and O–H groups in total. The Kier molecular flexibility index (Phi) is 6.85. The van der Waals surface area contributed by atoms with Crippen LogP contribution in [0.2, 0.25) is 0 Å². The molecule has 2 aromatic heterocycles. The molecule has 0 saturated heterocycles. The highest BCUT2D eigenvalue weighted by Crippen LogP contribution is 2.43. The highest BCUT2D eigenvalue weighted by Gasteiger charge is 2.22. The summed E-state index contributed by atoms with van der Waals surface area (Å²) >= 11 is 0. The molecule has 0 spiro atoms. The maximum absolute atomic E-state index is 9.90. The predicted octanol–water partition coefficient (Wildman–Crippen LogP) is 9.61. The van der Waals surface area contributed by atoms with Crippen LogP contribution in [-0.4, -0.2) is 15.0 Å². The lowest BCUT2D eigenvalue weighted by Crippen LogP contribution is -2.00. The third-order valence-electron chi connectivity index (χ3n) is 8.49. The molecule has 0 saturated carbocycles. The van der Waals surface area contributed by atoms with Gasteiger partial charge in [0.1, 0.15) is 0 Å². The zero-order valence-electron chi connectivity index (χ0n) is 25.4. The van der Waals surface area contributed by atoms with Crippen molar-refractivity contribution in [3.05, 3.63) is 150 Å². The number of nitriles is 3. The van der Waals surface area contributed by atoms with E-state index in [4.69, 9.17) is 15.0 Å². The summed E-state index contributed by atoms with van der Waals surface area (Å²) in [5.41, 5.74) is 9.68. The van der Waals surface area contributed by atoms with Crippen molar-refractivity contribution in [2.45, 2.75) is 0 Å². The number of benzene rings is 6. The molecule has 6 aromatic carbocycles. The van der Waals surface area contributed by atoms with Crippen molar-refractivity contribution >= 4 is 32.7 Å². The van der Waals surface area contributed by atoms with Crippen molar-refractivity contribution in [3.63, 3.8) is 0 Å². The average Bonchev–Trinajstić information content (AvgIpc) is 3.17. The number of fused-ring (bicyclic) bond motifs is 5. The van der Waals surface area contributed by atoms with E-state index in [1.54, 1.807) is 30.3 Å². The Balaban J connectivity index is 1.61.